The van der Waals surface area contributed by atoms with Gasteiger partial charge in [-0.05, 0) is 61.1 Å². The molecule has 2 aliphatic heterocycles. The normalized spacial score (nSPS) is 21.8. The van der Waals surface area contributed by atoms with Crippen molar-refractivity contribution in [3.05, 3.63) is 106 Å². The van der Waals surface area contributed by atoms with Gasteiger partial charge in [0.2, 0.25) is 0 Å². The summed E-state index contributed by atoms with van der Waals surface area (Å²) in [6.45, 7) is 4.05. The number of carbonyl (C=O) groups excluding carboxylic acids is 1. The first kappa shape index (κ1) is 27.5. The Bertz CT molecular complexity index is 1240. The second-order valence-corrected chi connectivity index (χ2v) is 12.7. The zero-order valence-electron chi connectivity index (χ0n) is 21.5. The molecule has 1 atom stereocenters. The Hall–Kier alpha value is -2.02. The quantitative estimate of drug-likeness (QED) is 0.338. The highest BCUT2D eigenvalue weighted by Gasteiger charge is 2.40. The topological polar surface area (TPSA) is 43.8 Å². The van der Waals surface area contributed by atoms with Crippen molar-refractivity contribution in [3.8, 4) is 0 Å². The standard InChI is InChI=1S/C31H34Cl2N2O2S/c32-27-13-12-26(22-28(27)33)31(14-7-17-35(23-31)29(36)24-8-3-1-4-9-24)38-21-20-34-18-15-30(37,16-19-34)25-10-5-2-6-11-25/h1-6,8-13,22,37H,7,14-21,23H2. The van der Waals surface area contributed by atoms with Gasteiger partial charge in [0.1, 0.15) is 0 Å². The molecule has 0 radical (unpaired) electrons. The van der Waals surface area contributed by atoms with Crippen LogP contribution in [0.2, 0.25) is 10.0 Å². The van der Waals surface area contributed by atoms with Crippen LogP contribution < -0.4 is 0 Å². The zero-order valence-corrected chi connectivity index (χ0v) is 23.8. The molecule has 0 saturated carbocycles. The summed E-state index contributed by atoms with van der Waals surface area (Å²) < 4.78 is -0.252. The van der Waals surface area contributed by atoms with Gasteiger partial charge in [0, 0.05) is 44.0 Å². The summed E-state index contributed by atoms with van der Waals surface area (Å²) in [5, 5.41) is 12.3. The van der Waals surface area contributed by atoms with Crippen molar-refractivity contribution in [1.29, 1.82) is 0 Å². The first-order valence-corrected chi connectivity index (χ1v) is 15.1. The molecule has 1 unspecified atom stereocenters. The number of amides is 1. The monoisotopic (exact) mass is 568 g/mol. The molecule has 2 fully saturated rings. The minimum absolute atomic E-state index is 0.0755. The summed E-state index contributed by atoms with van der Waals surface area (Å²) in [6, 6.07) is 25.5. The van der Waals surface area contributed by atoms with Crippen molar-refractivity contribution in [2.24, 2.45) is 0 Å². The first-order valence-electron chi connectivity index (χ1n) is 13.3. The van der Waals surface area contributed by atoms with Gasteiger partial charge < -0.3 is 14.9 Å². The average Bonchev–Trinajstić information content (AvgIpc) is 2.96. The number of nitrogens with zero attached hydrogens (tertiary/aromatic N) is 2. The molecule has 1 amide bonds. The molecule has 0 aliphatic carbocycles. The molecule has 2 saturated heterocycles. The van der Waals surface area contributed by atoms with Crippen molar-refractivity contribution in [1.82, 2.24) is 9.80 Å². The second kappa shape index (κ2) is 12.0. The van der Waals surface area contributed by atoms with Crippen molar-refractivity contribution >= 4 is 40.9 Å². The summed E-state index contributed by atoms with van der Waals surface area (Å²) >= 11 is 14.7. The molecule has 1 N–H and O–H groups in total. The van der Waals surface area contributed by atoms with E-state index in [4.69, 9.17) is 23.2 Å². The van der Waals surface area contributed by atoms with Crippen LogP contribution >= 0.6 is 35.0 Å². The van der Waals surface area contributed by atoms with Crippen LogP contribution in [0.4, 0.5) is 0 Å². The summed E-state index contributed by atoms with van der Waals surface area (Å²) in [5.74, 6) is 1.00. The molecule has 2 heterocycles. The number of halogens is 2. The lowest BCUT2D eigenvalue weighted by Gasteiger charge is -2.44. The van der Waals surface area contributed by atoms with E-state index in [1.807, 2.05) is 89.5 Å². The molecule has 2 aliphatic rings. The number of likely N-dealkylation sites (tertiary alicyclic amines) is 2. The van der Waals surface area contributed by atoms with Gasteiger partial charge in [0.25, 0.3) is 5.91 Å². The highest BCUT2D eigenvalue weighted by molar-refractivity contribution is 8.00. The Morgan fingerprint density at radius 3 is 2.21 bits per heavy atom. The van der Waals surface area contributed by atoms with E-state index in [1.165, 1.54) is 0 Å². The van der Waals surface area contributed by atoms with Crippen LogP contribution in [0.15, 0.2) is 78.9 Å². The van der Waals surface area contributed by atoms with Gasteiger partial charge in [-0.25, -0.2) is 0 Å². The van der Waals surface area contributed by atoms with Crippen LogP contribution in [-0.4, -0.2) is 59.3 Å². The van der Waals surface area contributed by atoms with Crippen LogP contribution in [0.1, 0.15) is 47.2 Å². The SMILES string of the molecule is O=C(c1ccccc1)N1CCCC(SCCN2CCC(O)(c3ccccc3)CC2)(c2ccc(Cl)c(Cl)c2)C1. The lowest BCUT2D eigenvalue weighted by molar-refractivity contribution is -0.0244. The van der Waals surface area contributed by atoms with Gasteiger partial charge in [-0.15, -0.1) is 11.8 Å². The highest BCUT2D eigenvalue weighted by atomic mass is 35.5. The molecule has 4 nitrogen and oxygen atoms in total. The maximum absolute atomic E-state index is 13.4. The number of hydrogen-bond donors (Lipinski definition) is 1. The van der Waals surface area contributed by atoms with Crippen LogP contribution in [0, 0.1) is 0 Å². The fourth-order valence-electron chi connectivity index (χ4n) is 5.73. The molecule has 3 aromatic rings. The molecular weight excluding hydrogens is 535 g/mol. The van der Waals surface area contributed by atoms with E-state index in [-0.39, 0.29) is 10.7 Å². The van der Waals surface area contributed by atoms with Gasteiger partial charge in [0.15, 0.2) is 0 Å². The van der Waals surface area contributed by atoms with E-state index in [1.54, 1.807) is 0 Å². The smallest absolute Gasteiger partial charge is 0.253 e. The number of rotatable bonds is 7. The zero-order chi connectivity index (χ0) is 26.6. The molecule has 38 heavy (non-hydrogen) atoms. The summed E-state index contributed by atoms with van der Waals surface area (Å²) in [7, 11) is 0. The number of piperidine rings is 2. The van der Waals surface area contributed by atoms with Gasteiger partial charge >= 0.3 is 0 Å². The Morgan fingerprint density at radius 1 is 0.842 bits per heavy atom. The maximum atomic E-state index is 13.4. The first-order chi connectivity index (χ1) is 18.4. The van der Waals surface area contributed by atoms with Crippen LogP contribution in [0.25, 0.3) is 0 Å². The number of aliphatic hydroxyl groups is 1. The molecule has 5 rings (SSSR count). The third-order valence-corrected chi connectivity index (χ3v) is 10.2. The average molecular weight is 570 g/mol. The molecule has 0 bridgehead atoms. The third-order valence-electron chi connectivity index (χ3n) is 7.99. The molecule has 0 spiro atoms. The Balaban J connectivity index is 1.28. The van der Waals surface area contributed by atoms with Crippen LogP contribution in [0.3, 0.4) is 0 Å². The Morgan fingerprint density at radius 2 is 1.53 bits per heavy atom. The summed E-state index contributed by atoms with van der Waals surface area (Å²) in [6.07, 6.45) is 3.37. The van der Waals surface area contributed by atoms with E-state index in [0.29, 0.717) is 16.6 Å². The molecule has 7 heteroatoms. The van der Waals surface area contributed by atoms with Crippen molar-refractivity contribution in [2.75, 3.05) is 38.5 Å². The van der Waals surface area contributed by atoms with E-state index in [9.17, 15) is 9.90 Å². The Kier molecular flexibility index (Phi) is 8.71. The van der Waals surface area contributed by atoms with E-state index < -0.39 is 5.60 Å². The van der Waals surface area contributed by atoms with Crippen LogP contribution in [-0.2, 0) is 10.3 Å². The van der Waals surface area contributed by atoms with Crippen molar-refractivity contribution in [2.45, 2.75) is 36.0 Å². The molecule has 200 valence electrons. The lowest BCUT2D eigenvalue weighted by Crippen LogP contribution is -2.48. The van der Waals surface area contributed by atoms with E-state index >= 15 is 0 Å². The van der Waals surface area contributed by atoms with Crippen molar-refractivity contribution in [3.63, 3.8) is 0 Å². The van der Waals surface area contributed by atoms with E-state index in [0.717, 1.165) is 74.3 Å². The lowest BCUT2D eigenvalue weighted by atomic mass is 9.84. The molecule has 0 aromatic heterocycles. The Labute approximate surface area is 239 Å². The molecule has 3 aromatic carbocycles. The minimum atomic E-state index is -0.742. The predicted molar refractivity (Wildman–Crippen MR) is 158 cm³/mol. The van der Waals surface area contributed by atoms with Gasteiger partial charge in [-0.1, -0.05) is 77.8 Å². The summed E-state index contributed by atoms with van der Waals surface area (Å²) in [5.41, 5.74) is 2.12. The highest BCUT2D eigenvalue weighted by Crippen LogP contribution is 2.46. The summed E-state index contributed by atoms with van der Waals surface area (Å²) in [4.78, 5) is 17.8. The fraction of sp³-hybridized carbons (Fsp3) is 0.387. The largest absolute Gasteiger partial charge is 0.385 e. The second-order valence-electron chi connectivity index (χ2n) is 10.4. The van der Waals surface area contributed by atoms with Gasteiger partial charge in [0.05, 0.1) is 20.4 Å². The molecular formula is C31H34Cl2N2O2S. The number of carbonyl (C=O) groups is 1. The number of thioether (sulfide) groups is 1. The van der Waals surface area contributed by atoms with Crippen LogP contribution in [0.5, 0.6) is 0 Å². The fourth-order valence-corrected chi connectivity index (χ4v) is 7.60. The van der Waals surface area contributed by atoms with Gasteiger partial charge in [-0.3, -0.25) is 4.79 Å². The minimum Gasteiger partial charge on any atom is -0.385 e. The number of hydrogen-bond acceptors (Lipinski definition) is 4. The maximum Gasteiger partial charge on any atom is 0.253 e. The third kappa shape index (κ3) is 6.08. The van der Waals surface area contributed by atoms with E-state index in [2.05, 4.69) is 11.0 Å². The van der Waals surface area contributed by atoms with Crippen molar-refractivity contribution < 1.29 is 9.90 Å². The predicted octanol–water partition coefficient (Wildman–Crippen LogP) is 6.84. The number of benzene rings is 3. The van der Waals surface area contributed by atoms with Gasteiger partial charge in [-0.2, -0.15) is 0 Å².